The van der Waals surface area contributed by atoms with Gasteiger partial charge in [0, 0.05) is 29.6 Å². The molecule has 0 atom stereocenters. The molecule has 0 radical (unpaired) electrons. The van der Waals surface area contributed by atoms with Gasteiger partial charge in [-0.15, -0.1) is 0 Å². The van der Waals surface area contributed by atoms with E-state index in [4.69, 9.17) is 4.74 Å². The van der Waals surface area contributed by atoms with Gasteiger partial charge in [-0.2, -0.15) is 0 Å². The van der Waals surface area contributed by atoms with Crippen LogP contribution >= 0.6 is 0 Å². The third-order valence-electron chi connectivity index (χ3n) is 5.04. The summed E-state index contributed by atoms with van der Waals surface area (Å²) < 4.78 is 7.77. The lowest BCUT2D eigenvalue weighted by atomic mass is 10.2. The van der Waals surface area contributed by atoms with E-state index in [1.54, 1.807) is 41.2 Å². The molecule has 0 unspecified atom stereocenters. The fourth-order valence-corrected chi connectivity index (χ4v) is 3.31. The van der Waals surface area contributed by atoms with Crippen LogP contribution in [-0.4, -0.2) is 26.2 Å². The number of hydrogen-bond acceptors (Lipinski definition) is 5. The molecule has 1 saturated carbocycles. The lowest BCUT2D eigenvalue weighted by Crippen LogP contribution is -2.15. The average molecular weight is 427 g/mol. The van der Waals surface area contributed by atoms with Gasteiger partial charge in [-0.25, -0.2) is 4.98 Å². The summed E-state index contributed by atoms with van der Waals surface area (Å²) in [5.41, 5.74) is 2.05. The van der Waals surface area contributed by atoms with Crippen LogP contribution in [0.25, 0.3) is 5.65 Å². The molecule has 1 aliphatic carbocycles. The first-order chi connectivity index (χ1) is 15.6. The van der Waals surface area contributed by atoms with Gasteiger partial charge in [0.05, 0.1) is 18.8 Å². The van der Waals surface area contributed by atoms with Gasteiger partial charge >= 0.3 is 0 Å². The zero-order valence-corrected chi connectivity index (χ0v) is 17.2. The van der Waals surface area contributed by atoms with Crippen LogP contribution in [0, 0.1) is 5.92 Å². The standard InChI is InChI=1S/C24H21N5O3/c30-23(13-17-4-1-2-11-25-17)26-18-5-3-6-19(12-18)32-20-9-10-22-27-21(15-29(22)14-20)28-24(31)16-7-8-16/h1-6,9-12,14-16H,7-8,13H2,(H,26,30)(H,28,31). The van der Waals surface area contributed by atoms with E-state index >= 15 is 0 Å². The van der Waals surface area contributed by atoms with Gasteiger partial charge in [0.2, 0.25) is 11.8 Å². The molecule has 32 heavy (non-hydrogen) atoms. The normalized spacial score (nSPS) is 13.0. The first kappa shape index (κ1) is 19.7. The molecule has 0 saturated heterocycles. The van der Waals surface area contributed by atoms with Crippen molar-refractivity contribution < 1.29 is 14.3 Å². The highest BCUT2D eigenvalue weighted by molar-refractivity contribution is 5.93. The molecule has 8 nitrogen and oxygen atoms in total. The Hall–Kier alpha value is -4.20. The Morgan fingerprint density at radius 3 is 2.72 bits per heavy atom. The fraction of sp³-hybridized carbons (Fsp3) is 0.167. The first-order valence-electron chi connectivity index (χ1n) is 10.4. The fourth-order valence-electron chi connectivity index (χ4n) is 3.31. The highest BCUT2D eigenvalue weighted by Crippen LogP contribution is 2.30. The van der Waals surface area contributed by atoms with Crippen LogP contribution in [0.3, 0.4) is 0 Å². The summed E-state index contributed by atoms with van der Waals surface area (Å²) >= 11 is 0. The van der Waals surface area contributed by atoms with Crippen molar-refractivity contribution in [2.75, 3.05) is 10.6 Å². The van der Waals surface area contributed by atoms with E-state index in [-0.39, 0.29) is 24.2 Å². The SMILES string of the molecule is O=C(Cc1ccccn1)Nc1cccc(Oc2ccc3nc(NC(=O)C4CC4)cn3c2)c1. The van der Waals surface area contributed by atoms with Gasteiger partial charge in [-0.3, -0.25) is 14.6 Å². The molecule has 2 N–H and O–H groups in total. The van der Waals surface area contributed by atoms with Crippen LogP contribution < -0.4 is 15.4 Å². The van der Waals surface area contributed by atoms with Crippen molar-refractivity contribution in [3.63, 3.8) is 0 Å². The quantitative estimate of drug-likeness (QED) is 0.464. The number of carbonyl (C=O) groups is 2. The number of carbonyl (C=O) groups excluding carboxylic acids is 2. The number of nitrogens with one attached hydrogen (secondary N) is 2. The minimum atomic E-state index is -0.151. The number of hydrogen-bond donors (Lipinski definition) is 2. The summed E-state index contributed by atoms with van der Waals surface area (Å²) in [4.78, 5) is 32.8. The minimum absolute atomic E-state index is 0.0202. The Balaban J connectivity index is 1.25. The van der Waals surface area contributed by atoms with Gasteiger partial charge in [-0.05, 0) is 49.2 Å². The van der Waals surface area contributed by atoms with Crippen LogP contribution in [0.1, 0.15) is 18.5 Å². The van der Waals surface area contributed by atoms with E-state index in [9.17, 15) is 9.59 Å². The number of imidazole rings is 1. The first-order valence-corrected chi connectivity index (χ1v) is 10.4. The molecule has 1 aromatic carbocycles. The Bertz CT molecular complexity index is 1280. The number of aromatic nitrogens is 3. The maximum Gasteiger partial charge on any atom is 0.230 e. The van der Waals surface area contributed by atoms with Gasteiger partial charge in [0.1, 0.15) is 17.1 Å². The zero-order valence-electron chi connectivity index (χ0n) is 17.2. The van der Waals surface area contributed by atoms with Crippen LogP contribution in [-0.2, 0) is 16.0 Å². The number of nitrogens with zero attached hydrogens (tertiary/aromatic N) is 3. The molecule has 160 valence electrons. The summed E-state index contributed by atoms with van der Waals surface area (Å²) in [6.07, 6.45) is 7.30. The number of rotatable bonds is 7. The molecule has 1 aliphatic rings. The zero-order chi connectivity index (χ0) is 21.9. The van der Waals surface area contributed by atoms with E-state index in [2.05, 4.69) is 20.6 Å². The molecule has 0 bridgehead atoms. The van der Waals surface area contributed by atoms with Crippen molar-refractivity contribution in [3.05, 3.63) is 78.9 Å². The molecular weight excluding hydrogens is 406 g/mol. The van der Waals surface area contributed by atoms with E-state index in [1.807, 2.05) is 36.4 Å². The number of fused-ring (bicyclic) bond motifs is 1. The van der Waals surface area contributed by atoms with Crippen LogP contribution in [0.5, 0.6) is 11.5 Å². The minimum Gasteiger partial charge on any atom is -0.456 e. The van der Waals surface area contributed by atoms with Crippen LogP contribution in [0.2, 0.25) is 0 Å². The molecule has 5 rings (SSSR count). The van der Waals surface area contributed by atoms with Crippen molar-refractivity contribution in [1.29, 1.82) is 0 Å². The lowest BCUT2D eigenvalue weighted by Gasteiger charge is -2.09. The van der Waals surface area contributed by atoms with E-state index in [1.165, 1.54) is 0 Å². The van der Waals surface area contributed by atoms with Crippen molar-refractivity contribution in [3.8, 4) is 11.5 Å². The number of amides is 2. The molecule has 8 heteroatoms. The molecule has 1 fully saturated rings. The summed E-state index contributed by atoms with van der Waals surface area (Å²) in [7, 11) is 0. The maximum absolute atomic E-state index is 12.3. The third kappa shape index (κ3) is 4.75. The van der Waals surface area contributed by atoms with Crippen LogP contribution in [0.15, 0.2) is 73.2 Å². The van der Waals surface area contributed by atoms with Crippen molar-refractivity contribution in [2.24, 2.45) is 5.92 Å². The number of benzene rings is 1. The molecule has 2 amide bonds. The summed E-state index contributed by atoms with van der Waals surface area (Å²) in [5, 5.41) is 5.72. The third-order valence-corrected chi connectivity index (χ3v) is 5.04. The Kier molecular flexibility index (Phi) is 5.25. The van der Waals surface area contributed by atoms with Gasteiger partial charge in [0.15, 0.2) is 5.82 Å². The van der Waals surface area contributed by atoms with Crippen LogP contribution in [0.4, 0.5) is 11.5 Å². The highest BCUT2D eigenvalue weighted by atomic mass is 16.5. The number of anilines is 2. The topological polar surface area (TPSA) is 97.6 Å². The Morgan fingerprint density at radius 1 is 1.00 bits per heavy atom. The van der Waals surface area contributed by atoms with Crippen molar-refractivity contribution >= 4 is 29.0 Å². The van der Waals surface area contributed by atoms with Gasteiger partial charge < -0.3 is 19.8 Å². The Morgan fingerprint density at radius 2 is 1.91 bits per heavy atom. The van der Waals surface area contributed by atoms with Crippen molar-refractivity contribution in [2.45, 2.75) is 19.3 Å². The number of ether oxygens (including phenoxy) is 1. The highest BCUT2D eigenvalue weighted by Gasteiger charge is 2.30. The molecule has 3 heterocycles. The number of pyridine rings is 2. The van der Waals surface area contributed by atoms with E-state index in [0.29, 0.717) is 34.3 Å². The van der Waals surface area contributed by atoms with E-state index < -0.39 is 0 Å². The maximum atomic E-state index is 12.3. The second-order valence-corrected chi connectivity index (χ2v) is 7.70. The summed E-state index contributed by atoms with van der Waals surface area (Å²) in [6, 6.07) is 16.3. The second-order valence-electron chi connectivity index (χ2n) is 7.70. The summed E-state index contributed by atoms with van der Waals surface area (Å²) in [6.45, 7) is 0. The molecular formula is C24H21N5O3. The van der Waals surface area contributed by atoms with Crippen molar-refractivity contribution in [1.82, 2.24) is 14.4 Å². The monoisotopic (exact) mass is 427 g/mol. The molecule has 0 aliphatic heterocycles. The molecule has 3 aromatic heterocycles. The predicted octanol–water partition coefficient (Wildman–Crippen LogP) is 4.05. The smallest absolute Gasteiger partial charge is 0.230 e. The molecule has 0 spiro atoms. The van der Waals surface area contributed by atoms with Gasteiger partial charge in [0.25, 0.3) is 0 Å². The second kappa shape index (κ2) is 8.50. The lowest BCUT2D eigenvalue weighted by molar-refractivity contribution is -0.117. The molecule has 4 aromatic rings. The average Bonchev–Trinajstić information content (AvgIpc) is 3.55. The Labute approximate surface area is 184 Å². The van der Waals surface area contributed by atoms with Gasteiger partial charge in [-0.1, -0.05) is 12.1 Å². The van der Waals surface area contributed by atoms with E-state index in [0.717, 1.165) is 12.8 Å². The predicted molar refractivity (Wildman–Crippen MR) is 120 cm³/mol. The largest absolute Gasteiger partial charge is 0.456 e. The summed E-state index contributed by atoms with van der Waals surface area (Å²) in [5.74, 6) is 1.70.